The van der Waals surface area contributed by atoms with Crippen LogP contribution in [0.4, 0.5) is 17.1 Å². The van der Waals surface area contributed by atoms with Crippen molar-refractivity contribution in [3.05, 3.63) is 247 Å². The molecule has 0 atom stereocenters. The molecule has 2 nitrogen and oxygen atoms in total. The number of hydrogen-bond donors (Lipinski definition) is 0. The largest absolute Gasteiger partial charge is 0.455 e. The Labute approximate surface area is 354 Å². The lowest BCUT2D eigenvalue weighted by atomic mass is 9.65. The molecule has 0 fully saturated rings. The summed E-state index contributed by atoms with van der Waals surface area (Å²) in [6.07, 6.45) is 0. The van der Waals surface area contributed by atoms with Crippen molar-refractivity contribution in [2.24, 2.45) is 0 Å². The zero-order valence-electron chi connectivity index (χ0n) is 33.2. The lowest BCUT2D eigenvalue weighted by molar-refractivity contribution is 0.447. The van der Waals surface area contributed by atoms with Crippen molar-refractivity contribution in [1.29, 1.82) is 0 Å². The maximum Gasteiger partial charge on any atom is 0.140 e. The third-order valence-corrected chi connectivity index (χ3v) is 13.3. The quantitative estimate of drug-likeness (QED) is 0.177. The Morgan fingerprint density at radius 3 is 1.30 bits per heavy atom. The van der Waals surface area contributed by atoms with Crippen molar-refractivity contribution < 1.29 is 4.74 Å². The van der Waals surface area contributed by atoms with Crippen LogP contribution >= 0.6 is 0 Å². The van der Waals surface area contributed by atoms with Gasteiger partial charge >= 0.3 is 0 Å². The molecule has 1 spiro atoms. The number of hydrogen-bond acceptors (Lipinski definition) is 2. The highest BCUT2D eigenvalue weighted by Gasteiger charge is 2.52. The third kappa shape index (κ3) is 4.73. The molecule has 1 aliphatic carbocycles. The van der Waals surface area contributed by atoms with E-state index in [1.165, 1.54) is 60.5 Å². The van der Waals surface area contributed by atoms with E-state index in [1.54, 1.807) is 0 Å². The van der Waals surface area contributed by atoms with Crippen LogP contribution in [0.5, 0.6) is 11.5 Å². The summed E-state index contributed by atoms with van der Waals surface area (Å²) in [6, 6.07) is 82.3. The summed E-state index contributed by atoms with van der Waals surface area (Å²) in [7, 11) is 0. The lowest BCUT2D eigenvalue weighted by Gasteiger charge is -2.40. The summed E-state index contributed by atoms with van der Waals surface area (Å²) in [4.78, 5) is 2.49. The zero-order chi connectivity index (χ0) is 40.1. The normalized spacial score (nSPS) is 13.2. The van der Waals surface area contributed by atoms with Crippen LogP contribution < -0.4 is 9.64 Å². The summed E-state index contributed by atoms with van der Waals surface area (Å²) in [5.41, 5.74) is 12.5. The first-order valence-electron chi connectivity index (χ1n) is 21.1. The van der Waals surface area contributed by atoms with E-state index in [0.29, 0.717) is 0 Å². The number of nitrogens with zero attached hydrogens (tertiary/aromatic N) is 1. The van der Waals surface area contributed by atoms with Gasteiger partial charge in [-0.1, -0.05) is 206 Å². The molecule has 0 saturated carbocycles. The van der Waals surface area contributed by atoms with Crippen LogP contribution in [0, 0.1) is 0 Å². The highest BCUT2D eigenvalue weighted by Crippen LogP contribution is 2.65. The van der Waals surface area contributed by atoms with Crippen LogP contribution in [0.3, 0.4) is 0 Å². The molecule has 2 heteroatoms. The van der Waals surface area contributed by atoms with E-state index in [2.05, 4.69) is 229 Å². The molecule has 61 heavy (non-hydrogen) atoms. The second kappa shape index (κ2) is 13.0. The van der Waals surface area contributed by atoms with Crippen molar-refractivity contribution >= 4 is 60.2 Å². The molecule has 0 saturated heterocycles. The molecule has 0 N–H and O–H groups in total. The van der Waals surface area contributed by atoms with Crippen LogP contribution in [0.25, 0.3) is 65.3 Å². The number of anilines is 3. The van der Waals surface area contributed by atoms with Gasteiger partial charge in [0.2, 0.25) is 0 Å². The van der Waals surface area contributed by atoms with E-state index in [9.17, 15) is 0 Å². The Kier molecular flexibility index (Phi) is 7.26. The van der Waals surface area contributed by atoms with Crippen LogP contribution in [0.2, 0.25) is 0 Å². The van der Waals surface area contributed by atoms with Gasteiger partial charge in [0.05, 0.1) is 22.5 Å². The minimum atomic E-state index is -0.640. The molecule has 11 aromatic carbocycles. The highest BCUT2D eigenvalue weighted by atomic mass is 16.5. The summed E-state index contributed by atoms with van der Waals surface area (Å²) in [5.74, 6) is 1.85. The van der Waals surface area contributed by atoms with Gasteiger partial charge in [0, 0.05) is 38.2 Å². The summed E-state index contributed by atoms with van der Waals surface area (Å²) >= 11 is 0. The Morgan fingerprint density at radius 1 is 0.279 bits per heavy atom. The second-order valence-electron chi connectivity index (χ2n) is 16.3. The molecule has 0 aromatic heterocycles. The summed E-state index contributed by atoms with van der Waals surface area (Å²) in [6.45, 7) is 0. The molecule has 284 valence electrons. The van der Waals surface area contributed by atoms with Crippen molar-refractivity contribution in [2.45, 2.75) is 5.41 Å². The number of para-hydroxylation sites is 1. The lowest BCUT2D eigenvalue weighted by Crippen LogP contribution is -2.32. The first kappa shape index (κ1) is 34.0. The first-order chi connectivity index (χ1) is 30.3. The molecule has 1 aliphatic heterocycles. The standard InChI is InChI=1S/C59H37NO/c1-5-22-42-38(16-1)20-13-32-53(42)60(54-33-14-21-39-17-2-6-23-43(39)54)55-31-12-10-26-46(55)47-28-15-30-50-56(47)48-27-9-11-29-49(48)59(50)51-36-34-40-18-3-7-24-44(40)57(51)61-58-45-25-8-4-19-41(45)35-37-52(58)59/h1-37H. The fraction of sp³-hybridized carbons (Fsp3) is 0.0169. The molecule has 0 bridgehead atoms. The van der Waals surface area contributed by atoms with Gasteiger partial charge in [0.15, 0.2) is 0 Å². The van der Waals surface area contributed by atoms with Gasteiger partial charge in [-0.15, -0.1) is 0 Å². The molecular formula is C59H37NO. The Morgan fingerprint density at radius 2 is 0.689 bits per heavy atom. The van der Waals surface area contributed by atoms with Crippen LogP contribution in [0.15, 0.2) is 224 Å². The maximum atomic E-state index is 7.25. The average molecular weight is 776 g/mol. The van der Waals surface area contributed by atoms with Crippen LogP contribution in [-0.2, 0) is 5.41 Å². The van der Waals surface area contributed by atoms with E-state index in [-0.39, 0.29) is 0 Å². The minimum Gasteiger partial charge on any atom is -0.455 e. The van der Waals surface area contributed by atoms with Crippen LogP contribution in [-0.4, -0.2) is 0 Å². The van der Waals surface area contributed by atoms with E-state index in [4.69, 9.17) is 4.74 Å². The van der Waals surface area contributed by atoms with Crippen molar-refractivity contribution in [2.75, 3.05) is 4.90 Å². The van der Waals surface area contributed by atoms with Gasteiger partial charge in [0.1, 0.15) is 11.5 Å². The molecule has 11 aromatic rings. The van der Waals surface area contributed by atoms with Crippen molar-refractivity contribution in [1.82, 2.24) is 0 Å². The molecular weight excluding hydrogens is 739 g/mol. The average Bonchev–Trinajstić information content (AvgIpc) is 3.62. The van der Waals surface area contributed by atoms with E-state index >= 15 is 0 Å². The topological polar surface area (TPSA) is 12.5 Å². The Balaban J connectivity index is 1.14. The predicted octanol–water partition coefficient (Wildman–Crippen LogP) is 15.9. The van der Waals surface area contributed by atoms with Crippen molar-refractivity contribution in [3.8, 4) is 33.8 Å². The number of fused-ring (bicyclic) bond motifs is 15. The minimum absolute atomic E-state index is 0.640. The van der Waals surface area contributed by atoms with E-state index in [1.807, 2.05) is 0 Å². The van der Waals surface area contributed by atoms with E-state index < -0.39 is 5.41 Å². The predicted molar refractivity (Wildman–Crippen MR) is 254 cm³/mol. The number of ether oxygens (including phenoxy) is 1. The van der Waals surface area contributed by atoms with E-state index in [0.717, 1.165) is 55.7 Å². The van der Waals surface area contributed by atoms with Crippen LogP contribution in [0.1, 0.15) is 22.3 Å². The monoisotopic (exact) mass is 775 g/mol. The van der Waals surface area contributed by atoms with Gasteiger partial charge in [-0.25, -0.2) is 0 Å². The SMILES string of the molecule is c1ccc(N(c2cccc3ccccc23)c2cccc3ccccc23)c(-c2cccc3c2-c2ccccc2C32c3ccc4ccccc4c3Oc3c2ccc2ccccc32)c1. The molecule has 0 radical (unpaired) electrons. The molecule has 0 amide bonds. The second-order valence-corrected chi connectivity index (χ2v) is 16.3. The number of rotatable bonds is 4. The molecule has 13 rings (SSSR count). The summed E-state index contributed by atoms with van der Waals surface area (Å²) < 4.78 is 7.25. The van der Waals surface area contributed by atoms with Gasteiger partial charge in [-0.05, 0) is 67.6 Å². The first-order valence-corrected chi connectivity index (χ1v) is 21.1. The smallest absolute Gasteiger partial charge is 0.140 e. The van der Waals surface area contributed by atoms with Crippen molar-refractivity contribution in [3.63, 3.8) is 0 Å². The summed E-state index contributed by atoms with van der Waals surface area (Å²) in [5, 5.41) is 9.37. The molecule has 0 unspecified atom stereocenters. The molecule has 2 aliphatic rings. The van der Waals surface area contributed by atoms with Gasteiger partial charge < -0.3 is 9.64 Å². The highest BCUT2D eigenvalue weighted by molar-refractivity contribution is 6.09. The fourth-order valence-electron chi connectivity index (χ4n) is 10.8. The zero-order valence-corrected chi connectivity index (χ0v) is 33.2. The Hall–Kier alpha value is -7.94. The Bertz CT molecular complexity index is 3420. The molecule has 1 heterocycles. The van der Waals surface area contributed by atoms with Gasteiger partial charge in [-0.3, -0.25) is 0 Å². The van der Waals surface area contributed by atoms with Gasteiger partial charge in [0.25, 0.3) is 0 Å². The third-order valence-electron chi connectivity index (χ3n) is 13.3. The maximum absolute atomic E-state index is 7.25. The fourth-order valence-corrected chi connectivity index (χ4v) is 10.8. The number of benzene rings is 11. The van der Waals surface area contributed by atoms with Gasteiger partial charge in [-0.2, -0.15) is 0 Å².